The van der Waals surface area contributed by atoms with Crippen molar-refractivity contribution in [2.45, 2.75) is 32.2 Å². The summed E-state index contributed by atoms with van der Waals surface area (Å²) in [5.41, 5.74) is 5.81. The van der Waals surface area contributed by atoms with Crippen LogP contribution in [-0.4, -0.2) is 34.9 Å². The summed E-state index contributed by atoms with van der Waals surface area (Å²) in [5.74, 6) is -0.0717. The fraction of sp³-hybridized carbons (Fsp3) is 0.429. The first-order valence-electron chi connectivity index (χ1n) is 6.12. The fourth-order valence-electron chi connectivity index (χ4n) is 1.88. The molecule has 0 aliphatic heterocycles. The molecule has 0 spiro atoms. The molecule has 0 bridgehead atoms. The minimum atomic E-state index is -0.667. The van der Waals surface area contributed by atoms with Crippen molar-refractivity contribution in [2.24, 2.45) is 10.9 Å². The standard InChI is InChI=1S/C14H21N3O2/c1-10(12(15)16-19)17(4)13(18)14(2,3)11-8-6-5-7-9-11/h5-10,19H,1-4H3,(H2,15,16). The molecular weight excluding hydrogens is 242 g/mol. The van der Waals surface area contributed by atoms with Gasteiger partial charge < -0.3 is 15.8 Å². The van der Waals surface area contributed by atoms with Gasteiger partial charge in [0.15, 0.2) is 5.84 Å². The molecule has 1 atom stereocenters. The van der Waals surface area contributed by atoms with Gasteiger partial charge in [-0.05, 0) is 26.3 Å². The van der Waals surface area contributed by atoms with Crippen LogP contribution in [-0.2, 0) is 10.2 Å². The molecule has 1 aromatic carbocycles. The Morgan fingerprint density at radius 3 is 2.37 bits per heavy atom. The van der Waals surface area contributed by atoms with Crippen LogP contribution >= 0.6 is 0 Å². The van der Waals surface area contributed by atoms with E-state index in [0.29, 0.717) is 0 Å². The van der Waals surface area contributed by atoms with E-state index in [1.165, 1.54) is 4.90 Å². The van der Waals surface area contributed by atoms with Gasteiger partial charge in [-0.15, -0.1) is 0 Å². The fourth-order valence-corrected chi connectivity index (χ4v) is 1.88. The number of nitrogens with two attached hydrogens (primary N) is 1. The van der Waals surface area contributed by atoms with Crippen LogP contribution in [0.5, 0.6) is 0 Å². The second-order valence-corrected chi connectivity index (χ2v) is 5.11. The number of nitrogens with zero attached hydrogens (tertiary/aromatic N) is 2. The largest absolute Gasteiger partial charge is 0.409 e. The van der Waals surface area contributed by atoms with Crippen molar-refractivity contribution in [3.63, 3.8) is 0 Å². The number of amides is 1. The third-order valence-corrected chi connectivity index (χ3v) is 3.47. The van der Waals surface area contributed by atoms with Crippen LogP contribution in [0, 0.1) is 0 Å². The summed E-state index contributed by atoms with van der Waals surface area (Å²) in [6, 6.07) is 9.09. The third-order valence-electron chi connectivity index (χ3n) is 3.47. The van der Waals surface area contributed by atoms with Gasteiger partial charge in [0.2, 0.25) is 5.91 Å². The Morgan fingerprint density at radius 1 is 1.37 bits per heavy atom. The van der Waals surface area contributed by atoms with Crippen molar-refractivity contribution in [1.82, 2.24) is 4.90 Å². The average molecular weight is 263 g/mol. The highest BCUT2D eigenvalue weighted by molar-refractivity contribution is 5.93. The maximum absolute atomic E-state index is 12.6. The number of rotatable bonds is 4. The van der Waals surface area contributed by atoms with E-state index in [2.05, 4.69) is 5.16 Å². The first-order chi connectivity index (χ1) is 8.82. The van der Waals surface area contributed by atoms with E-state index < -0.39 is 11.5 Å². The van der Waals surface area contributed by atoms with Crippen molar-refractivity contribution in [3.05, 3.63) is 35.9 Å². The minimum Gasteiger partial charge on any atom is -0.409 e. The number of hydrogen-bond acceptors (Lipinski definition) is 3. The number of hydrogen-bond donors (Lipinski definition) is 2. The lowest BCUT2D eigenvalue weighted by molar-refractivity contribution is -0.135. The third kappa shape index (κ3) is 3.05. The molecule has 5 nitrogen and oxygen atoms in total. The van der Waals surface area contributed by atoms with Gasteiger partial charge in [0.05, 0.1) is 11.5 Å². The van der Waals surface area contributed by atoms with E-state index in [0.717, 1.165) is 5.56 Å². The van der Waals surface area contributed by atoms with E-state index in [9.17, 15) is 4.79 Å². The molecule has 0 radical (unpaired) electrons. The Balaban J connectivity index is 2.99. The molecule has 0 saturated carbocycles. The highest BCUT2D eigenvalue weighted by atomic mass is 16.4. The zero-order chi connectivity index (χ0) is 14.6. The first-order valence-corrected chi connectivity index (χ1v) is 6.12. The summed E-state index contributed by atoms with van der Waals surface area (Å²) >= 11 is 0. The molecule has 104 valence electrons. The zero-order valence-electron chi connectivity index (χ0n) is 11.8. The van der Waals surface area contributed by atoms with Gasteiger partial charge in [-0.25, -0.2) is 0 Å². The first kappa shape index (κ1) is 15.0. The predicted octanol–water partition coefficient (Wildman–Crippen LogP) is 1.56. The van der Waals surface area contributed by atoms with Gasteiger partial charge in [0.25, 0.3) is 0 Å². The number of likely N-dealkylation sites (N-methyl/N-ethyl adjacent to an activating group) is 1. The number of benzene rings is 1. The van der Waals surface area contributed by atoms with Gasteiger partial charge in [-0.1, -0.05) is 35.5 Å². The van der Waals surface area contributed by atoms with E-state index in [4.69, 9.17) is 10.9 Å². The highest BCUT2D eigenvalue weighted by Gasteiger charge is 2.34. The van der Waals surface area contributed by atoms with Crippen LogP contribution in [0.1, 0.15) is 26.3 Å². The average Bonchev–Trinajstić information content (AvgIpc) is 2.44. The summed E-state index contributed by atoms with van der Waals surface area (Å²) in [7, 11) is 1.65. The lowest BCUT2D eigenvalue weighted by atomic mass is 9.83. The smallest absolute Gasteiger partial charge is 0.233 e. The Hall–Kier alpha value is -2.04. The van der Waals surface area contributed by atoms with Crippen molar-refractivity contribution in [2.75, 3.05) is 7.05 Å². The molecule has 0 aliphatic rings. The summed E-state index contributed by atoms with van der Waals surface area (Å²) in [4.78, 5) is 14.0. The molecule has 19 heavy (non-hydrogen) atoms. The van der Waals surface area contributed by atoms with Gasteiger partial charge in [0, 0.05) is 7.05 Å². The Kier molecular flexibility index (Phi) is 4.53. The maximum atomic E-state index is 12.6. The molecule has 1 unspecified atom stereocenters. The number of carbonyl (C=O) groups is 1. The number of amidine groups is 1. The SMILES string of the molecule is CC(C(N)=NO)N(C)C(=O)C(C)(C)c1ccccc1. The highest BCUT2D eigenvalue weighted by Crippen LogP contribution is 2.25. The topological polar surface area (TPSA) is 78.9 Å². The second-order valence-electron chi connectivity index (χ2n) is 5.11. The summed E-state index contributed by atoms with van der Waals surface area (Å²) in [5, 5.41) is 11.6. The molecule has 0 saturated heterocycles. The van der Waals surface area contributed by atoms with Crippen molar-refractivity contribution in [3.8, 4) is 0 Å². The van der Waals surface area contributed by atoms with Crippen molar-refractivity contribution in [1.29, 1.82) is 0 Å². The molecule has 3 N–H and O–H groups in total. The Bertz CT molecular complexity index is 469. The second kappa shape index (κ2) is 5.73. The molecule has 1 rings (SSSR count). The normalized spacial score (nSPS) is 14.0. The molecular formula is C14H21N3O2. The van der Waals surface area contributed by atoms with Crippen LogP contribution in [0.25, 0.3) is 0 Å². The predicted molar refractivity (Wildman–Crippen MR) is 75.1 cm³/mol. The molecule has 0 heterocycles. The molecule has 0 aromatic heterocycles. The van der Waals surface area contributed by atoms with Crippen LogP contribution in [0.3, 0.4) is 0 Å². The van der Waals surface area contributed by atoms with E-state index in [1.807, 2.05) is 44.2 Å². The van der Waals surface area contributed by atoms with Crippen LogP contribution in [0.15, 0.2) is 35.5 Å². The molecule has 1 aromatic rings. The minimum absolute atomic E-state index is 0.0136. The van der Waals surface area contributed by atoms with E-state index in [-0.39, 0.29) is 11.7 Å². The van der Waals surface area contributed by atoms with Crippen LogP contribution < -0.4 is 5.73 Å². The van der Waals surface area contributed by atoms with Crippen molar-refractivity contribution >= 4 is 11.7 Å². The van der Waals surface area contributed by atoms with Gasteiger partial charge in [-0.3, -0.25) is 4.79 Å². The summed E-state index contributed by atoms with van der Waals surface area (Å²) in [6.07, 6.45) is 0. The lowest BCUT2D eigenvalue weighted by Crippen LogP contribution is -2.50. The van der Waals surface area contributed by atoms with E-state index in [1.54, 1.807) is 14.0 Å². The molecule has 0 fully saturated rings. The summed E-state index contributed by atoms with van der Waals surface area (Å²) < 4.78 is 0. The van der Waals surface area contributed by atoms with Crippen LogP contribution in [0.2, 0.25) is 0 Å². The Morgan fingerprint density at radius 2 is 1.89 bits per heavy atom. The van der Waals surface area contributed by atoms with Gasteiger partial charge in [0.1, 0.15) is 0 Å². The molecule has 1 amide bonds. The van der Waals surface area contributed by atoms with Gasteiger partial charge >= 0.3 is 0 Å². The molecule has 5 heteroatoms. The number of oxime groups is 1. The zero-order valence-corrected chi connectivity index (χ0v) is 11.8. The molecule has 0 aliphatic carbocycles. The Labute approximate surface area is 113 Å². The van der Waals surface area contributed by atoms with Crippen LogP contribution in [0.4, 0.5) is 0 Å². The van der Waals surface area contributed by atoms with Crippen molar-refractivity contribution < 1.29 is 10.0 Å². The van der Waals surface area contributed by atoms with E-state index >= 15 is 0 Å². The lowest BCUT2D eigenvalue weighted by Gasteiger charge is -2.33. The maximum Gasteiger partial charge on any atom is 0.233 e. The monoisotopic (exact) mass is 263 g/mol. The quantitative estimate of drug-likeness (QED) is 0.374. The number of carbonyl (C=O) groups excluding carboxylic acids is 1. The summed E-state index contributed by atoms with van der Waals surface area (Å²) in [6.45, 7) is 5.44. The van der Waals surface area contributed by atoms with Gasteiger partial charge in [-0.2, -0.15) is 0 Å².